The van der Waals surface area contributed by atoms with Gasteiger partial charge in [-0.2, -0.15) is 0 Å². The number of fused-ring (bicyclic) bond motifs is 4. The van der Waals surface area contributed by atoms with Crippen LogP contribution in [0.2, 0.25) is 5.04 Å². The highest BCUT2D eigenvalue weighted by atomic mass is 28.4. The van der Waals surface area contributed by atoms with Crippen LogP contribution in [0.4, 0.5) is 0 Å². The fourth-order valence-corrected chi connectivity index (χ4v) is 15.1. The van der Waals surface area contributed by atoms with E-state index in [2.05, 4.69) is 95.3 Å². The molecule has 2 aromatic rings. The van der Waals surface area contributed by atoms with Crippen LogP contribution in [0, 0.1) is 28.6 Å². The highest BCUT2D eigenvalue weighted by Gasteiger charge is 2.76. The van der Waals surface area contributed by atoms with Crippen molar-refractivity contribution in [3.63, 3.8) is 0 Å². The molecule has 5 fully saturated rings. The molecule has 4 nitrogen and oxygen atoms in total. The molecule has 214 valence electrons. The van der Waals surface area contributed by atoms with Crippen LogP contribution in [0.25, 0.3) is 0 Å². The van der Waals surface area contributed by atoms with E-state index in [0.717, 1.165) is 19.3 Å². The van der Waals surface area contributed by atoms with Crippen LogP contribution >= 0.6 is 0 Å². The maximum absolute atomic E-state index is 12.4. The van der Waals surface area contributed by atoms with Gasteiger partial charge in [-0.15, -0.1) is 0 Å². The lowest BCUT2D eigenvalue weighted by molar-refractivity contribution is -0.149. The first-order chi connectivity index (χ1) is 19.1. The molecule has 0 aromatic heterocycles. The summed E-state index contributed by atoms with van der Waals surface area (Å²) in [6.07, 6.45) is 8.33. The monoisotopic (exact) mass is 558 g/mol. The fraction of sp³-hybridized carbons (Fsp3) is 0.629. The molecule has 5 unspecified atom stereocenters. The normalized spacial score (nSPS) is 40.6. The lowest BCUT2D eigenvalue weighted by Gasteiger charge is -2.58. The van der Waals surface area contributed by atoms with Crippen LogP contribution in [-0.2, 0) is 18.7 Å². The number of epoxide rings is 1. The minimum Gasteiger partial charge on any atom is -0.432 e. The Balaban J connectivity index is 1.24. The summed E-state index contributed by atoms with van der Waals surface area (Å²) in [5, 5.41) is 2.74. The lowest BCUT2D eigenvalue weighted by Crippen LogP contribution is -2.68. The lowest BCUT2D eigenvalue weighted by atomic mass is 9.46. The zero-order valence-corrected chi connectivity index (χ0v) is 26.0. The number of hydrogen-bond donors (Lipinski definition) is 0. The Hall–Kier alpha value is -1.95. The highest BCUT2D eigenvalue weighted by Crippen LogP contribution is 2.71. The highest BCUT2D eigenvalue weighted by molar-refractivity contribution is 6.99. The van der Waals surface area contributed by atoms with Gasteiger partial charge in [-0.25, -0.2) is 0 Å². The number of esters is 1. The first kappa shape index (κ1) is 26.9. The van der Waals surface area contributed by atoms with Crippen LogP contribution in [0.3, 0.4) is 0 Å². The molecule has 2 aromatic carbocycles. The van der Waals surface area contributed by atoms with Gasteiger partial charge in [0.25, 0.3) is 8.32 Å². The Morgan fingerprint density at radius 2 is 1.48 bits per heavy atom. The summed E-state index contributed by atoms with van der Waals surface area (Å²) in [6.45, 7) is 12.2. The van der Waals surface area contributed by atoms with Gasteiger partial charge in [-0.3, -0.25) is 4.79 Å². The third-order valence-corrected chi connectivity index (χ3v) is 17.5. The van der Waals surface area contributed by atoms with Crippen molar-refractivity contribution in [2.75, 3.05) is 0 Å². The van der Waals surface area contributed by atoms with E-state index in [0.29, 0.717) is 24.2 Å². The number of benzene rings is 2. The largest absolute Gasteiger partial charge is 0.432 e. The molecule has 3 aliphatic carbocycles. The van der Waals surface area contributed by atoms with Gasteiger partial charge in [0, 0.05) is 11.8 Å². The van der Waals surface area contributed by atoms with Crippen molar-refractivity contribution < 1.29 is 18.7 Å². The topological polar surface area (TPSA) is 48.1 Å². The van der Waals surface area contributed by atoms with Crippen LogP contribution in [0.1, 0.15) is 86.0 Å². The van der Waals surface area contributed by atoms with Crippen LogP contribution in [0.15, 0.2) is 60.7 Å². The third kappa shape index (κ3) is 3.59. The fourth-order valence-electron chi connectivity index (χ4n) is 10.3. The molecule has 1 spiro atoms. The van der Waals surface area contributed by atoms with Crippen molar-refractivity contribution in [1.29, 1.82) is 0 Å². The van der Waals surface area contributed by atoms with Gasteiger partial charge in [0.05, 0.1) is 6.10 Å². The van der Waals surface area contributed by atoms with Gasteiger partial charge in [-0.1, -0.05) is 95.3 Å². The van der Waals surface area contributed by atoms with Crippen molar-refractivity contribution in [2.45, 2.75) is 109 Å². The molecule has 0 amide bonds. The summed E-state index contributed by atoms with van der Waals surface area (Å²) in [6, 6.07) is 22.3. The molecule has 0 bridgehead atoms. The van der Waals surface area contributed by atoms with Gasteiger partial charge < -0.3 is 13.9 Å². The molecule has 2 heterocycles. The molecule has 2 saturated heterocycles. The second kappa shape index (κ2) is 9.02. The molecule has 5 aliphatic rings. The summed E-state index contributed by atoms with van der Waals surface area (Å²) in [4.78, 5) is 12.4. The average Bonchev–Trinajstić information content (AvgIpc) is 3.55. The minimum absolute atomic E-state index is 0.0166. The zero-order chi connectivity index (χ0) is 28.0. The van der Waals surface area contributed by atoms with E-state index in [1.165, 1.54) is 36.1 Å². The Bertz CT molecular complexity index is 1230. The molecule has 0 radical (unpaired) electrons. The minimum atomic E-state index is -2.62. The molecule has 40 heavy (non-hydrogen) atoms. The van der Waals surface area contributed by atoms with Crippen molar-refractivity contribution in [3.05, 3.63) is 60.7 Å². The predicted molar refractivity (Wildman–Crippen MR) is 160 cm³/mol. The second-order valence-electron chi connectivity index (χ2n) is 15.1. The Morgan fingerprint density at radius 1 is 0.825 bits per heavy atom. The van der Waals surface area contributed by atoms with Crippen molar-refractivity contribution in [1.82, 2.24) is 0 Å². The van der Waals surface area contributed by atoms with E-state index in [1.54, 1.807) is 0 Å². The molecule has 8 atom stereocenters. The molecule has 7 rings (SSSR count). The third-order valence-electron chi connectivity index (χ3n) is 12.4. The Kier molecular flexibility index (Phi) is 6.07. The van der Waals surface area contributed by atoms with Crippen molar-refractivity contribution in [2.24, 2.45) is 28.6 Å². The summed E-state index contributed by atoms with van der Waals surface area (Å²) in [5.41, 5.74) is -0.0571. The molecule has 5 heteroatoms. The predicted octanol–water partition coefficient (Wildman–Crippen LogP) is 6.61. The maximum atomic E-state index is 12.4. The van der Waals surface area contributed by atoms with Gasteiger partial charge in [-0.05, 0) is 83.5 Å². The number of carbonyl (C=O) groups excluding carboxylic acids is 1. The first-order valence-corrected chi connectivity index (χ1v) is 17.6. The Labute approximate surface area is 241 Å². The van der Waals surface area contributed by atoms with Gasteiger partial charge >= 0.3 is 5.97 Å². The van der Waals surface area contributed by atoms with Crippen LogP contribution in [0.5, 0.6) is 0 Å². The maximum Gasteiger partial charge on any atom is 0.308 e. The quantitative estimate of drug-likeness (QED) is 0.241. The van der Waals surface area contributed by atoms with Crippen LogP contribution in [-0.4, -0.2) is 32.3 Å². The molecule has 0 N–H and O–H groups in total. The standard InChI is InChI=1S/C35H46O4Si/c1-32(2,3)40(24-12-8-6-9-13-24,25-14-10-7-11-15-25)39-29-17-16-27-26-18-23-35-31(38-35)37-30(36)20-22-34(35,5)28(26)19-21-33(27,29)4/h6-15,26-29,31H,16-23H2,1-5H3/t26?,27?,28?,29-,31?,33-,34+,35?/m0/s1. The van der Waals surface area contributed by atoms with E-state index >= 15 is 0 Å². The average molecular weight is 559 g/mol. The molecule has 2 aliphatic heterocycles. The Morgan fingerprint density at radius 3 is 2.10 bits per heavy atom. The summed E-state index contributed by atoms with van der Waals surface area (Å²) < 4.78 is 19.8. The zero-order valence-electron chi connectivity index (χ0n) is 25.0. The first-order valence-electron chi connectivity index (χ1n) is 15.7. The molecule has 3 saturated carbocycles. The molecular weight excluding hydrogens is 512 g/mol. The van der Waals surface area contributed by atoms with E-state index in [-0.39, 0.29) is 39.8 Å². The smallest absolute Gasteiger partial charge is 0.308 e. The molecular formula is C35H46O4Si. The summed E-state index contributed by atoms with van der Waals surface area (Å²) in [7, 11) is -2.62. The van der Waals surface area contributed by atoms with E-state index in [9.17, 15) is 4.79 Å². The SMILES string of the molecule is CC(C)(C)[Si](O[C@H]1CCC2C3CCC45OC4OC(=O)CC[C@]5(C)C3CC[C@@]21C)(c1ccccc1)c1ccccc1. The van der Waals surface area contributed by atoms with Gasteiger partial charge in [0.1, 0.15) is 5.60 Å². The second-order valence-corrected chi connectivity index (χ2v) is 19.3. The number of ether oxygens (including phenoxy) is 2. The summed E-state index contributed by atoms with van der Waals surface area (Å²) in [5.74, 6) is 1.83. The number of hydrogen-bond acceptors (Lipinski definition) is 4. The van der Waals surface area contributed by atoms with E-state index in [4.69, 9.17) is 13.9 Å². The summed E-state index contributed by atoms with van der Waals surface area (Å²) >= 11 is 0. The number of carbonyl (C=O) groups is 1. The number of rotatable bonds is 4. The van der Waals surface area contributed by atoms with Crippen LogP contribution < -0.4 is 10.4 Å². The van der Waals surface area contributed by atoms with Gasteiger partial charge in [0.15, 0.2) is 0 Å². The van der Waals surface area contributed by atoms with E-state index < -0.39 is 8.32 Å². The van der Waals surface area contributed by atoms with Crippen molar-refractivity contribution in [3.8, 4) is 0 Å². The van der Waals surface area contributed by atoms with E-state index in [1.807, 2.05) is 0 Å². The van der Waals surface area contributed by atoms with Crippen molar-refractivity contribution >= 4 is 24.7 Å². The van der Waals surface area contributed by atoms with Gasteiger partial charge in [0.2, 0.25) is 6.29 Å².